The molecule has 0 bridgehead atoms. The van der Waals surface area contributed by atoms with Gasteiger partial charge in [-0.3, -0.25) is 19.3 Å². The third-order valence-corrected chi connectivity index (χ3v) is 4.83. The van der Waals surface area contributed by atoms with Crippen LogP contribution in [0.15, 0.2) is 24.3 Å². The zero-order valence-electron chi connectivity index (χ0n) is 12.7. The number of hydrogen-bond donors (Lipinski definition) is 1. The second-order valence-electron chi connectivity index (χ2n) is 6.31. The third kappa shape index (κ3) is 2.51. The second-order valence-corrected chi connectivity index (χ2v) is 6.31. The Morgan fingerprint density at radius 2 is 1.59 bits per heavy atom. The molecule has 5 nitrogen and oxygen atoms in total. The van der Waals surface area contributed by atoms with Gasteiger partial charge in [0.25, 0.3) is 5.91 Å². The van der Waals surface area contributed by atoms with Crippen LogP contribution in [0.25, 0.3) is 0 Å². The predicted octanol–water partition coefficient (Wildman–Crippen LogP) is 2.26. The molecular weight excluding hydrogens is 280 g/mol. The van der Waals surface area contributed by atoms with Gasteiger partial charge in [0, 0.05) is 25.5 Å². The van der Waals surface area contributed by atoms with Crippen molar-refractivity contribution in [3.05, 3.63) is 29.8 Å². The maximum absolute atomic E-state index is 12.5. The number of nitrogens with one attached hydrogen (secondary N) is 1. The maximum Gasteiger partial charge on any atom is 0.251 e. The van der Waals surface area contributed by atoms with Crippen LogP contribution in [-0.4, -0.2) is 24.8 Å². The van der Waals surface area contributed by atoms with Crippen molar-refractivity contribution in [2.24, 2.45) is 5.41 Å². The Morgan fingerprint density at radius 3 is 2.09 bits per heavy atom. The number of piperidine rings is 1. The van der Waals surface area contributed by atoms with Crippen molar-refractivity contribution in [3.8, 4) is 0 Å². The van der Waals surface area contributed by atoms with E-state index in [0.29, 0.717) is 24.1 Å². The van der Waals surface area contributed by atoms with Crippen LogP contribution in [0.2, 0.25) is 0 Å². The van der Waals surface area contributed by atoms with Gasteiger partial charge in [0.2, 0.25) is 11.8 Å². The topological polar surface area (TPSA) is 66.5 Å². The lowest BCUT2D eigenvalue weighted by Gasteiger charge is -2.37. The first kappa shape index (κ1) is 14.8. The highest BCUT2D eigenvalue weighted by Gasteiger charge is 2.45. The van der Waals surface area contributed by atoms with E-state index >= 15 is 0 Å². The molecule has 1 aromatic carbocycles. The molecule has 3 amide bonds. The number of carbonyl (C=O) groups is 3. The van der Waals surface area contributed by atoms with Crippen LogP contribution < -0.4 is 10.2 Å². The lowest BCUT2D eigenvalue weighted by atomic mass is 9.76. The van der Waals surface area contributed by atoms with Crippen molar-refractivity contribution >= 4 is 23.4 Å². The van der Waals surface area contributed by atoms with Gasteiger partial charge in [0.1, 0.15) is 0 Å². The molecule has 1 saturated carbocycles. The molecule has 5 heteroatoms. The molecule has 22 heavy (non-hydrogen) atoms. The molecule has 1 N–H and O–H groups in total. The van der Waals surface area contributed by atoms with Gasteiger partial charge in [0.05, 0.1) is 5.69 Å². The summed E-state index contributed by atoms with van der Waals surface area (Å²) in [4.78, 5) is 37.8. The molecule has 0 aromatic heterocycles. The first-order chi connectivity index (χ1) is 10.5. The molecule has 0 unspecified atom stereocenters. The highest BCUT2D eigenvalue weighted by molar-refractivity contribution is 6.17. The van der Waals surface area contributed by atoms with Gasteiger partial charge >= 0.3 is 0 Å². The Labute approximate surface area is 129 Å². The molecule has 1 aliphatic carbocycles. The molecule has 1 aromatic rings. The van der Waals surface area contributed by atoms with Crippen molar-refractivity contribution in [1.82, 2.24) is 5.32 Å². The summed E-state index contributed by atoms with van der Waals surface area (Å²) in [5.74, 6) is -0.426. The summed E-state index contributed by atoms with van der Waals surface area (Å²) in [6.07, 6.45) is 5.09. The van der Waals surface area contributed by atoms with Crippen LogP contribution in [0, 0.1) is 5.41 Å². The molecule has 2 aliphatic rings. The molecule has 1 spiro atoms. The Hall–Kier alpha value is -2.17. The van der Waals surface area contributed by atoms with Crippen LogP contribution in [0.4, 0.5) is 5.69 Å². The van der Waals surface area contributed by atoms with E-state index in [9.17, 15) is 14.4 Å². The Morgan fingerprint density at radius 1 is 1.05 bits per heavy atom. The first-order valence-corrected chi connectivity index (χ1v) is 7.73. The molecule has 3 rings (SSSR count). The van der Waals surface area contributed by atoms with Crippen LogP contribution in [0.5, 0.6) is 0 Å². The zero-order valence-corrected chi connectivity index (χ0v) is 12.7. The number of rotatable bonds is 2. The molecular formula is C17H20N2O3. The minimum atomic E-state index is -0.187. The number of benzene rings is 1. The van der Waals surface area contributed by atoms with E-state index in [1.807, 2.05) is 0 Å². The van der Waals surface area contributed by atoms with Gasteiger partial charge in [-0.05, 0) is 42.5 Å². The van der Waals surface area contributed by atoms with Crippen molar-refractivity contribution < 1.29 is 14.4 Å². The fourth-order valence-corrected chi connectivity index (χ4v) is 3.67. The Bertz CT molecular complexity index is 595. The monoisotopic (exact) mass is 300 g/mol. The highest BCUT2D eigenvalue weighted by atomic mass is 16.2. The van der Waals surface area contributed by atoms with E-state index in [1.54, 1.807) is 31.3 Å². The molecule has 0 radical (unpaired) electrons. The van der Waals surface area contributed by atoms with Gasteiger partial charge in [-0.15, -0.1) is 0 Å². The summed E-state index contributed by atoms with van der Waals surface area (Å²) in [5.41, 5.74) is 0.970. The standard InChI is InChI=1S/C17H20N2O3/c1-18-16(22)12-4-6-13(7-5-12)19-14(20)10-17(11-15(19)21)8-2-3-9-17/h4-7H,2-3,8-11H2,1H3,(H,18,22). The first-order valence-electron chi connectivity index (χ1n) is 7.73. The van der Waals surface area contributed by atoms with E-state index in [4.69, 9.17) is 0 Å². The molecule has 116 valence electrons. The molecule has 1 aliphatic heterocycles. The minimum absolute atomic E-state index is 0.0906. The van der Waals surface area contributed by atoms with Gasteiger partial charge in [-0.2, -0.15) is 0 Å². The lowest BCUT2D eigenvalue weighted by Crippen LogP contribution is -2.47. The average Bonchev–Trinajstić information content (AvgIpc) is 2.94. The summed E-state index contributed by atoms with van der Waals surface area (Å²) >= 11 is 0. The van der Waals surface area contributed by atoms with Crippen LogP contribution in [-0.2, 0) is 9.59 Å². The Kier molecular flexibility index (Phi) is 3.72. The number of anilines is 1. The predicted molar refractivity (Wildman–Crippen MR) is 82.5 cm³/mol. The number of hydrogen-bond acceptors (Lipinski definition) is 3. The van der Waals surface area contributed by atoms with Gasteiger partial charge in [-0.1, -0.05) is 12.8 Å². The van der Waals surface area contributed by atoms with E-state index in [2.05, 4.69) is 5.32 Å². The maximum atomic E-state index is 12.5. The lowest BCUT2D eigenvalue weighted by molar-refractivity contribution is -0.133. The smallest absolute Gasteiger partial charge is 0.251 e. The number of carbonyl (C=O) groups excluding carboxylic acids is 3. The molecule has 1 heterocycles. The van der Waals surface area contributed by atoms with Crippen molar-refractivity contribution in [1.29, 1.82) is 0 Å². The Balaban J connectivity index is 1.81. The average molecular weight is 300 g/mol. The zero-order chi connectivity index (χ0) is 15.7. The van der Waals surface area contributed by atoms with Crippen LogP contribution >= 0.6 is 0 Å². The van der Waals surface area contributed by atoms with Gasteiger partial charge in [-0.25, -0.2) is 0 Å². The number of imide groups is 1. The van der Waals surface area contributed by atoms with Crippen molar-refractivity contribution in [2.45, 2.75) is 38.5 Å². The highest BCUT2D eigenvalue weighted by Crippen LogP contribution is 2.47. The normalized spacial score (nSPS) is 20.5. The summed E-state index contributed by atoms with van der Waals surface area (Å²) in [6.45, 7) is 0. The fraction of sp³-hybridized carbons (Fsp3) is 0.471. The van der Waals surface area contributed by atoms with E-state index in [1.165, 1.54) is 4.90 Å². The number of amides is 3. The van der Waals surface area contributed by atoms with Gasteiger partial charge in [0.15, 0.2) is 0 Å². The third-order valence-electron chi connectivity index (χ3n) is 4.83. The van der Waals surface area contributed by atoms with Crippen molar-refractivity contribution in [2.75, 3.05) is 11.9 Å². The van der Waals surface area contributed by atoms with E-state index < -0.39 is 0 Å². The van der Waals surface area contributed by atoms with Crippen LogP contribution in [0.3, 0.4) is 0 Å². The van der Waals surface area contributed by atoms with E-state index in [-0.39, 0.29) is 23.1 Å². The summed E-state index contributed by atoms with van der Waals surface area (Å²) in [7, 11) is 1.56. The SMILES string of the molecule is CNC(=O)c1ccc(N2C(=O)CC3(CCCC3)CC2=O)cc1. The molecule has 2 fully saturated rings. The summed E-state index contributed by atoms with van der Waals surface area (Å²) in [5, 5.41) is 2.54. The summed E-state index contributed by atoms with van der Waals surface area (Å²) < 4.78 is 0. The molecule has 0 atom stereocenters. The molecule has 1 saturated heterocycles. The fourth-order valence-electron chi connectivity index (χ4n) is 3.67. The van der Waals surface area contributed by atoms with Crippen LogP contribution in [0.1, 0.15) is 48.9 Å². The second kappa shape index (κ2) is 5.55. The van der Waals surface area contributed by atoms with Gasteiger partial charge < -0.3 is 5.32 Å². The quantitative estimate of drug-likeness (QED) is 0.852. The largest absolute Gasteiger partial charge is 0.355 e. The summed E-state index contributed by atoms with van der Waals surface area (Å²) in [6, 6.07) is 6.59. The van der Waals surface area contributed by atoms with E-state index in [0.717, 1.165) is 25.7 Å². The minimum Gasteiger partial charge on any atom is -0.355 e. The van der Waals surface area contributed by atoms with Crippen molar-refractivity contribution in [3.63, 3.8) is 0 Å². The number of nitrogens with zero attached hydrogens (tertiary/aromatic N) is 1.